The van der Waals surface area contributed by atoms with Crippen LogP contribution >= 0.6 is 18.1 Å². The zero-order valence-corrected chi connectivity index (χ0v) is 21.9. The molecule has 0 amide bonds. The molecule has 0 fully saturated rings. The molecule has 0 aromatic carbocycles. The van der Waals surface area contributed by atoms with Gasteiger partial charge in [-0.3, -0.25) is 9.09 Å². The highest BCUT2D eigenvalue weighted by Gasteiger charge is 2.31. The molecule has 0 bridgehead atoms. The van der Waals surface area contributed by atoms with Crippen LogP contribution in [0.4, 0.5) is 0 Å². The maximum atomic E-state index is 12.5. The second-order valence-electron chi connectivity index (χ2n) is 6.47. The Morgan fingerprint density at radius 1 is 1.27 bits per heavy atom. The van der Waals surface area contributed by atoms with Crippen molar-refractivity contribution in [3.63, 3.8) is 0 Å². The first-order valence-corrected chi connectivity index (χ1v) is 13.1. The van der Waals surface area contributed by atoms with Gasteiger partial charge in [0.1, 0.15) is 0 Å². The Hall–Kier alpha value is -1.08. The Morgan fingerprint density at radius 2 is 1.87 bits per heavy atom. The summed E-state index contributed by atoms with van der Waals surface area (Å²) in [5, 5.41) is 2.84. The first-order valence-electron chi connectivity index (χ1n) is 10.6. The van der Waals surface area contributed by atoms with Gasteiger partial charge in [-0.1, -0.05) is 77.7 Å². The van der Waals surface area contributed by atoms with Crippen LogP contribution in [0.5, 0.6) is 0 Å². The third-order valence-corrected chi connectivity index (χ3v) is 4.91. The van der Waals surface area contributed by atoms with E-state index in [2.05, 4.69) is 17.6 Å². The van der Waals surface area contributed by atoms with Gasteiger partial charge in [0.15, 0.2) is 0 Å². The number of hydrogen-bond acceptors (Lipinski definition) is 3. The largest absolute Gasteiger partial charge is 0.375 e. The third kappa shape index (κ3) is 23.2. The average Bonchev–Trinajstić information content (AvgIpc) is 2.67. The lowest BCUT2D eigenvalue weighted by atomic mass is 10.1. The van der Waals surface area contributed by atoms with Gasteiger partial charge in [0, 0.05) is 12.0 Å². The van der Waals surface area contributed by atoms with Crippen molar-refractivity contribution in [3.05, 3.63) is 48.6 Å². The highest BCUT2D eigenvalue weighted by Crippen LogP contribution is 2.51. The van der Waals surface area contributed by atoms with E-state index in [4.69, 9.17) is 26.9 Å². The van der Waals surface area contributed by atoms with Crippen LogP contribution in [0.2, 0.25) is 0 Å². The summed E-state index contributed by atoms with van der Waals surface area (Å²) in [6, 6.07) is 0. The van der Waals surface area contributed by atoms with Crippen molar-refractivity contribution in [2.45, 2.75) is 79.9 Å². The first kappa shape index (κ1) is 33.6. The van der Waals surface area contributed by atoms with Gasteiger partial charge in [0.05, 0.1) is 19.3 Å². The lowest BCUT2D eigenvalue weighted by molar-refractivity contribution is 0.107. The molecule has 0 saturated carbocycles. The Balaban J connectivity index is -0.00000171. The summed E-state index contributed by atoms with van der Waals surface area (Å²) >= 11 is 6.05. The van der Waals surface area contributed by atoms with Crippen LogP contribution in [0, 0.1) is 12.3 Å². The van der Waals surface area contributed by atoms with Crippen molar-refractivity contribution in [2.75, 3.05) is 13.2 Å². The van der Waals surface area contributed by atoms with Gasteiger partial charge in [0.25, 0.3) is 0 Å². The molecule has 0 aliphatic rings. The molecular weight excluding hydrogens is 417 g/mol. The van der Waals surface area contributed by atoms with Crippen molar-refractivity contribution in [3.8, 4) is 12.3 Å². The smallest absolute Gasteiger partial charge is 0.361 e. The zero-order valence-electron chi connectivity index (χ0n) is 20.2. The maximum Gasteiger partial charge on any atom is 0.361 e. The number of nitrogens with one attached hydrogen (secondary N) is 1. The highest BCUT2D eigenvalue weighted by atomic mass is 35.7. The van der Waals surface area contributed by atoms with Crippen LogP contribution in [0.3, 0.4) is 0 Å². The van der Waals surface area contributed by atoms with Gasteiger partial charge in [0.2, 0.25) is 0 Å². The molecule has 2 unspecified atom stereocenters. The van der Waals surface area contributed by atoms with E-state index in [1.54, 1.807) is 13.0 Å². The number of terminal acetylenes is 1. The zero-order chi connectivity index (χ0) is 24.1. The molecule has 0 rings (SSSR count). The summed E-state index contributed by atoms with van der Waals surface area (Å²) in [7, 11) is 0. The third-order valence-electron chi connectivity index (χ3n) is 2.94. The van der Waals surface area contributed by atoms with Crippen LogP contribution in [0.15, 0.2) is 48.6 Å². The Morgan fingerprint density at radius 3 is 2.40 bits per heavy atom. The summed E-state index contributed by atoms with van der Waals surface area (Å²) in [6.45, 7) is 16.5. The fraction of sp³-hybridized carbons (Fsp3) is 0.583. The Bertz CT molecular complexity index is 604. The fourth-order valence-electron chi connectivity index (χ4n) is 1.88. The molecule has 0 aliphatic carbocycles. The van der Waals surface area contributed by atoms with Gasteiger partial charge in [-0.25, -0.2) is 5.09 Å². The quantitative estimate of drug-likeness (QED) is 0.173. The second-order valence-corrected chi connectivity index (χ2v) is 9.20. The maximum absolute atomic E-state index is 12.5. The van der Waals surface area contributed by atoms with Gasteiger partial charge >= 0.3 is 6.87 Å². The molecule has 0 aromatic heterocycles. The highest BCUT2D eigenvalue weighted by molar-refractivity contribution is 7.83. The second kappa shape index (κ2) is 21.2. The van der Waals surface area contributed by atoms with Crippen LogP contribution < -0.4 is 5.09 Å². The summed E-state index contributed by atoms with van der Waals surface area (Å²) in [4.78, 5) is 0. The minimum atomic E-state index is -3.50. The summed E-state index contributed by atoms with van der Waals surface area (Å²) in [5.74, 6) is 2.52. The normalized spacial score (nSPS) is 14.4. The van der Waals surface area contributed by atoms with Gasteiger partial charge < -0.3 is 4.74 Å². The molecule has 2 atom stereocenters. The topological polar surface area (TPSA) is 47.6 Å². The van der Waals surface area contributed by atoms with E-state index in [-0.39, 0.29) is 6.10 Å². The van der Waals surface area contributed by atoms with Gasteiger partial charge in [-0.05, 0) is 44.0 Å². The number of ether oxygens (including phenoxy) is 1. The molecule has 0 aromatic rings. The van der Waals surface area contributed by atoms with E-state index < -0.39 is 12.4 Å². The molecular formula is C24H43ClNO3P. The van der Waals surface area contributed by atoms with Crippen LogP contribution in [0.1, 0.15) is 68.2 Å². The SMILES string of the molecule is C#CC/C=C\C(=C)COCC(C)(C)NP(=O)(Cl)OC(C)/C=C\C=C/CC.CC.CC. The van der Waals surface area contributed by atoms with Gasteiger partial charge in [-0.2, -0.15) is 0 Å². The van der Waals surface area contributed by atoms with Crippen LogP contribution in [0.25, 0.3) is 0 Å². The molecule has 1 N–H and O–H groups in total. The van der Waals surface area contributed by atoms with Crippen LogP contribution in [-0.4, -0.2) is 24.9 Å². The predicted molar refractivity (Wildman–Crippen MR) is 135 cm³/mol. The van der Waals surface area contributed by atoms with Crippen molar-refractivity contribution in [1.29, 1.82) is 0 Å². The Kier molecular flexibility index (Phi) is 23.7. The minimum Gasteiger partial charge on any atom is -0.375 e. The Labute approximate surface area is 191 Å². The predicted octanol–water partition coefficient (Wildman–Crippen LogP) is 7.83. The summed E-state index contributed by atoms with van der Waals surface area (Å²) in [5.41, 5.74) is 0.172. The van der Waals surface area contributed by atoms with E-state index >= 15 is 0 Å². The van der Waals surface area contributed by atoms with Gasteiger partial charge in [-0.15, -0.1) is 12.3 Å². The number of halogens is 1. The molecule has 0 radical (unpaired) electrons. The fourth-order valence-corrected chi connectivity index (χ4v) is 4.29. The molecule has 174 valence electrons. The monoisotopic (exact) mass is 459 g/mol. The van der Waals surface area contributed by atoms with Crippen molar-refractivity contribution >= 4 is 18.1 Å². The average molecular weight is 460 g/mol. The van der Waals surface area contributed by atoms with E-state index in [1.165, 1.54) is 0 Å². The lowest BCUT2D eigenvalue weighted by Gasteiger charge is -2.29. The summed E-state index contributed by atoms with van der Waals surface area (Å²) < 4.78 is 23.5. The first-order chi connectivity index (χ1) is 14.1. The van der Waals surface area contributed by atoms with Crippen LogP contribution in [-0.2, 0) is 13.8 Å². The van der Waals surface area contributed by atoms with E-state index in [1.807, 2.05) is 78.8 Å². The van der Waals surface area contributed by atoms with Crippen molar-refractivity contribution < 1.29 is 13.8 Å². The molecule has 0 aliphatic heterocycles. The van der Waals surface area contributed by atoms with Crippen molar-refractivity contribution in [1.82, 2.24) is 5.09 Å². The molecule has 0 spiro atoms. The minimum absolute atomic E-state index is 0.290. The van der Waals surface area contributed by atoms with E-state index in [0.717, 1.165) is 12.0 Å². The molecule has 0 saturated heterocycles. The molecule has 6 heteroatoms. The number of allylic oxidation sites excluding steroid dienone is 4. The molecule has 30 heavy (non-hydrogen) atoms. The van der Waals surface area contributed by atoms with E-state index in [9.17, 15) is 4.57 Å². The summed E-state index contributed by atoms with van der Waals surface area (Å²) in [6.07, 6.45) is 17.5. The lowest BCUT2D eigenvalue weighted by Crippen LogP contribution is -2.41. The number of hydrogen-bond donors (Lipinski definition) is 1. The van der Waals surface area contributed by atoms with E-state index in [0.29, 0.717) is 19.6 Å². The number of rotatable bonds is 13. The molecule has 0 heterocycles. The van der Waals surface area contributed by atoms with Crippen molar-refractivity contribution in [2.24, 2.45) is 0 Å². The molecule has 4 nitrogen and oxygen atoms in total. The standard InChI is InChI=1S/C20H31ClNO3P.2C2H6/c1-7-9-11-13-15-19(4)25-26(21,23)22-20(5,6)17-24-16-18(3)14-12-10-8-2;2*1-2/h2,9,11-15,19H,3,7,10,16-17H2,1,4-6H3,(H,22,23);2*1-2H3/b11-9-,14-12-,15-13-;;.